The van der Waals surface area contributed by atoms with Crippen LogP contribution in [0.5, 0.6) is 0 Å². The Bertz CT molecular complexity index is 991. The van der Waals surface area contributed by atoms with Gasteiger partial charge < -0.3 is 4.57 Å². The van der Waals surface area contributed by atoms with E-state index < -0.39 is 5.91 Å². The van der Waals surface area contributed by atoms with E-state index in [1.54, 1.807) is 34.8 Å². The first kappa shape index (κ1) is 18.6. The van der Waals surface area contributed by atoms with Crippen LogP contribution in [0.4, 0.5) is 5.95 Å². The van der Waals surface area contributed by atoms with Crippen molar-refractivity contribution in [1.82, 2.24) is 19.3 Å². The monoisotopic (exact) mass is 365 g/mol. The molecule has 0 saturated carbocycles. The standard InChI is InChI=1S/C20H23N5O2/c1-4-11-24-13-21-20(23-24)22-18(26)17-14(2)10-12-25(19(17)27)15(3)16-8-6-5-7-9-16/h5-10,12-13,15H,4,11H2,1-3H3,(H,22,23,26). The zero-order chi connectivity index (χ0) is 19.4. The predicted molar refractivity (Wildman–Crippen MR) is 104 cm³/mol. The highest BCUT2D eigenvalue weighted by atomic mass is 16.2. The van der Waals surface area contributed by atoms with Crippen molar-refractivity contribution in [1.29, 1.82) is 0 Å². The summed E-state index contributed by atoms with van der Waals surface area (Å²) in [5.74, 6) is -0.305. The zero-order valence-electron chi connectivity index (χ0n) is 15.7. The van der Waals surface area contributed by atoms with E-state index >= 15 is 0 Å². The Kier molecular flexibility index (Phi) is 5.49. The number of hydrogen-bond acceptors (Lipinski definition) is 4. The molecule has 7 heteroatoms. The van der Waals surface area contributed by atoms with Gasteiger partial charge in [-0.3, -0.25) is 19.6 Å². The Morgan fingerprint density at radius 2 is 1.96 bits per heavy atom. The third-order valence-electron chi connectivity index (χ3n) is 4.47. The normalized spacial score (nSPS) is 12.0. The quantitative estimate of drug-likeness (QED) is 0.728. The van der Waals surface area contributed by atoms with E-state index in [-0.39, 0.29) is 23.1 Å². The van der Waals surface area contributed by atoms with Crippen molar-refractivity contribution in [3.63, 3.8) is 0 Å². The average molecular weight is 365 g/mol. The molecule has 0 bridgehead atoms. The summed E-state index contributed by atoms with van der Waals surface area (Å²) in [5, 5.41) is 6.82. The summed E-state index contributed by atoms with van der Waals surface area (Å²) >= 11 is 0. The van der Waals surface area contributed by atoms with E-state index in [2.05, 4.69) is 15.4 Å². The maximum Gasteiger partial charge on any atom is 0.264 e. The third-order valence-corrected chi connectivity index (χ3v) is 4.47. The van der Waals surface area contributed by atoms with Crippen molar-refractivity contribution in [3.05, 3.63) is 76.0 Å². The lowest BCUT2D eigenvalue weighted by atomic mass is 10.1. The molecular formula is C20H23N5O2. The summed E-state index contributed by atoms with van der Waals surface area (Å²) in [6.45, 7) is 6.43. The van der Waals surface area contributed by atoms with E-state index in [9.17, 15) is 9.59 Å². The van der Waals surface area contributed by atoms with E-state index in [4.69, 9.17) is 0 Å². The molecule has 1 aromatic carbocycles. The molecule has 0 aliphatic rings. The first-order valence-corrected chi connectivity index (χ1v) is 8.98. The van der Waals surface area contributed by atoms with Gasteiger partial charge in [-0.25, -0.2) is 4.98 Å². The maximum atomic E-state index is 13.0. The highest BCUT2D eigenvalue weighted by molar-refractivity contribution is 6.04. The number of nitrogens with zero attached hydrogens (tertiary/aromatic N) is 4. The van der Waals surface area contributed by atoms with Gasteiger partial charge in [0.1, 0.15) is 11.9 Å². The van der Waals surface area contributed by atoms with Gasteiger partial charge in [0.25, 0.3) is 11.5 Å². The Morgan fingerprint density at radius 3 is 2.67 bits per heavy atom. The van der Waals surface area contributed by atoms with Crippen LogP contribution in [0.3, 0.4) is 0 Å². The lowest BCUT2D eigenvalue weighted by Crippen LogP contribution is -2.32. The van der Waals surface area contributed by atoms with Gasteiger partial charge in [-0.2, -0.15) is 0 Å². The number of aromatic nitrogens is 4. The largest absolute Gasteiger partial charge is 0.308 e. The number of rotatable bonds is 6. The molecule has 27 heavy (non-hydrogen) atoms. The number of pyridine rings is 1. The minimum absolute atomic E-state index is 0.104. The number of anilines is 1. The van der Waals surface area contributed by atoms with Crippen molar-refractivity contribution in [2.75, 3.05) is 5.32 Å². The highest BCUT2D eigenvalue weighted by Crippen LogP contribution is 2.16. The van der Waals surface area contributed by atoms with Gasteiger partial charge in [-0.05, 0) is 37.5 Å². The van der Waals surface area contributed by atoms with Crippen molar-refractivity contribution in [3.8, 4) is 0 Å². The van der Waals surface area contributed by atoms with Crippen LogP contribution >= 0.6 is 0 Å². The summed E-state index contributed by atoms with van der Waals surface area (Å²) in [4.78, 5) is 29.8. The molecule has 140 valence electrons. The molecule has 0 saturated heterocycles. The molecule has 1 N–H and O–H groups in total. The minimum atomic E-state index is -0.499. The molecule has 0 aliphatic heterocycles. The van der Waals surface area contributed by atoms with Crippen molar-refractivity contribution in [2.24, 2.45) is 0 Å². The summed E-state index contributed by atoms with van der Waals surface area (Å²) in [6.07, 6.45) is 4.20. The fourth-order valence-electron chi connectivity index (χ4n) is 2.97. The topological polar surface area (TPSA) is 81.8 Å². The summed E-state index contributed by atoms with van der Waals surface area (Å²) in [6, 6.07) is 11.3. The van der Waals surface area contributed by atoms with Gasteiger partial charge in [-0.15, -0.1) is 5.10 Å². The van der Waals surface area contributed by atoms with Crippen LogP contribution in [-0.4, -0.2) is 25.2 Å². The van der Waals surface area contributed by atoms with E-state index in [1.165, 1.54) is 0 Å². The van der Waals surface area contributed by atoms with Crippen LogP contribution in [0.15, 0.2) is 53.7 Å². The molecule has 3 rings (SSSR count). The number of nitrogens with one attached hydrogen (secondary N) is 1. The highest BCUT2D eigenvalue weighted by Gasteiger charge is 2.20. The molecule has 0 aliphatic carbocycles. The number of amides is 1. The Hall–Kier alpha value is -3.22. The van der Waals surface area contributed by atoms with Gasteiger partial charge in [0.2, 0.25) is 5.95 Å². The molecule has 0 radical (unpaired) electrons. The first-order chi connectivity index (χ1) is 13.0. The van der Waals surface area contributed by atoms with E-state index in [1.807, 2.05) is 44.2 Å². The Morgan fingerprint density at radius 1 is 1.22 bits per heavy atom. The molecule has 2 heterocycles. The fraction of sp³-hybridized carbons (Fsp3) is 0.300. The average Bonchev–Trinajstić information content (AvgIpc) is 3.09. The van der Waals surface area contributed by atoms with Crippen molar-refractivity contribution < 1.29 is 4.79 Å². The van der Waals surface area contributed by atoms with Gasteiger partial charge in [0.15, 0.2) is 0 Å². The molecule has 0 spiro atoms. The number of hydrogen-bond donors (Lipinski definition) is 1. The smallest absolute Gasteiger partial charge is 0.264 e. The van der Waals surface area contributed by atoms with Crippen molar-refractivity contribution in [2.45, 2.75) is 39.8 Å². The lowest BCUT2D eigenvalue weighted by Gasteiger charge is -2.17. The molecule has 7 nitrogen and oxygen atoms in total. The molecule has 1 amide bonds. The summed E-state index contributed by atoms with van der Waals surface area (Å²) < 4.78 is 3.23. The predicted octanol–water partition coefficient (Wildman–Crippen LogP) is 3.02. The summed E-state index contributed by atoms with van der Waals surface area (Å²) in [7, 11) is 0. The van der Waals surface area contributed by atoms with E-state index in [0.717, 1.165) is 12.0 Å². The second-order valence-corrected chi connectivity index (χ2v) is 6.46. The lowest BCUT2D eigenvalue weighted by molar-refractivity contribution is 0.102. The van der Waals surface area contributed by atoms with Crippen LogP contribution in [0.25, 0.3) is 0 Å². The molecule has 2 aromatic heterocycles. The van der Waals surface area contributed by atoms with Crippen LogP contribution in [0.2, 0.25) is 0 Å². The van der Waals surface area contributed by atoms with Crippen LogP contribution in [-0.2, 0) is 6.54 Å². The number of benzene rings is 1. The number of carbonyl (C=O) groups is 1. The third kappa shape index (κ3) is 3.97. The van der Waals surface area contributed by atoms with Crippen LogP contribution < -0.4 is 10.9 Å². The van der Waals surface area contributed by atoms with Gasteiger partial charge in [0.05, 0.1) is 6.04 Å². The van der Waals surface area contributed by atoms with Gasteiger partial charge in [0, 0.05) is 12.7 Å². The first-order valence-electron chi connectivity index (χ1n) is 8.98. The van der Waals surface area contributed by atoms with E-state index in [0.29, 0.717) is 12.1 Å². The molecule has 3 aromatic rings. The SMILES string of the molecule is CCCn1cnc(NC(=O)c2c(C)ccn(C(C)c3ccccc3)c2=O)n1. The van der Waals surface area contributed by atoms with Gasteiger partial charge >= 0.3 is 0 Å². The molecule has 0 fully saturated rings. The van der Waals surface area contributed by atoms with Crippen LogP contribution in [0, 0.1) is 6.92 Å². The fourth-order valence-corrected chi connectivity index (χ4v) is 2.97. The number of carbonyl (C=O) groups excluding carboxylic acids is 1. The minimum Gasteiger partial charge on any atom is -0.308 e. The zero-order valence-corrected chi connectivity index (χ0v) is 15.7. The second kappa shape index (κ2) is 7.99. The molecular weight excluding hydrogens is 342 g/mol. The second-order valence-electron chi connectivity index (χ2n) is 6.46. The van der Waals surface area contributed by atoms with Crippen LogP contribution in [0.1, 0.15) is 47.8 Å². The molecule has 1 atom stereocenters. The maximum absolute atomic E-state index is 13.0. The van der Waals surface area contributed by atoms with Gasteiger partial charge in [-0.1, -0.05) is 37.3 Å². The molecule has 1 unspecified atom stereocenters. The van der Waals surface area contributed by atoms with Crippen molar-refractivity contribution >= 4 is 11.9 Å². The number of aryl methyl sites for hydroxylation is 2. The Balaban J connectivity index is 1.90. The Labute approximate surface area is 157 Å². The summed E-state index contributed by atoms with van der Waals surface area (Å²) in [5.41, 5.74) is 1.38.